The van der Waals surface area contributed by atoms with Crippen LogP contribution >= 0.6 is 0 Å². The summed E-state index contributed by atoms with van der Waals surface area (Å²) in [5.41, 5.74) is 2.73. The Morgan fingerprint density at radius 3 is 2.70 bits per heavy atom. The third kappa shape index (κ3) is 2.81. The van der Waals surface area contributed by atoms with Gasteiger partial charge in [0, 0.05) is 30.9 Å². The van der Waals surface area contributed by atoms with Gasteiger partial charge in [0.15, 0.2) is 0 Å². The number of amides is 1. The van der Waals surface area contributed by atoms with Crippen LogP contribution in [0.25, 0.3) is 11.0 Å². The summed E-state index contributed by atoms with van der Waals surface area (Å²) in [4.78, 5) is 16.0. The van der Waals surface area contributed by atoms with Crippen molar-refractivity contribution >= 4 is 16.9 Å². The van der Waals surface area contributed by atoms with Gasteiger partial charge in [-0.2, -0.15) is 20.1 Å². The minimum absolute atomic E-state index is 0.0644. The number of hydrogen-bond acceptors (Lipinski definition) is 4. The number of fused-ring (bicyclic) bond motifs is 1. The summed E-state index contributed by atoms with van der Waals surface area (Å²) in [6.07, 6.45) is 3.84. The van der Waals surface area contributed by atoms with E-state index >= 15 is 0 Å². The summed E-state index contributed by atoms with van der Waals surface area (Å²) >= 11 is 0. The number of nitrogens with one attached hydrogen (secondary N) is 1. The molecule has 1 aliphatic heterocycles. The zero-order chi connectivity index (χ0) is 15.6. The van der Waals surface area contributed by atoms with Crippen LogP contribution in [0.4, 0.5) is 0 Å². The Morgan fingerprint density at radius 2 is 2.00 bits per heavy atom. The van der Waals surface area contributed by atoms with Gasteiger partial charge < -0.3 is 4.90 Å². The van der Waals surface area contributed by atoms with Gasteiger partial charge >= 0.3 is 0 Å². The molecule has 1 aliphatic rings. The van der Waals surface area contributed by atoms with Crippen molar-refractivity contribution in [3.8, 4) is 0 Å². The fourth-order valence-electron chi connectivity index (χ4n) is 3.15. The lowest BCUT2D eigenvalue weighted by atomic mass is 9.95. The molecule has 0 aliphatic carbocycles. The molecule has 0 radical (unpaired) electrons. The Balaban J connectivity index is 1.45. The van der Waals surface area contributed by atoms with Gasteiger partial charge in [-0.15, -0.1) is 0 Å². The average Bonchev–Trinajstić information content (AvgIpc) is 3.24. The quantitative estimate of drug-likeness (QED) is 0.796. The van der Waals surface area contributed by atoms with Crippen LogP contribution in [0.15, 0.2) is 36.5 Å². The van der Waals surface area contributed by atoms with Gasteiger partial charge in [0.05, 0.1) is 0 Å². The van der Waals surface area contributed by atoms with Crippen molar-refractivity contribution in [3.05, 3.63) is 42.2 Å². The first-order chi connectivity index (χ1) is 11.3. The van der Waals surface area contributed by atoms with Crippen LogP contribution in [-0.4, -0.2) is 49.1 Å². The number of nitrogens with zero attached hydrogens (tertiary/aromatic N) is 5. The van der Waals surface area contributed by atoms with Gasteiger partial charge in [-0.05, 0) is 31.0 Å². The number of benzene rings is 1. The molecule has 7 heteroatoms. The maximum Gasteiger partial charge on any atom is 0.246 e. The maximum absolute atomic E-state index is 12.6. The lowest BCUT2D eigenvalue weighted by Crippen LogP contribution is -2.41. The number of aromatic nitrogens is 5. The molecule has 0 bridgehead atoms. The van der Waals surface area contributed by atoms with Gasteiger partial charge in [-0.3, -0.25) is 9.89 Å². The van der Waals surface area contributed by atoms with Gasteiger partial charge in [0.25, 0.3) is 0 Å². The van der Waals surface area contributed by atoms with Crippen LogP contribution in [0.3, 0.4) is 0 Å². The molecule has 1 unspecified atom stereocenters. The van der Waals surface area contributed by atoms with E-state index in [1.807, 2.05) is 35.2 Å². The fourth-order valence-corrected chi connectivity index (χ4v) is 3.15. The number of aromatic amines is 1. The Bertz CT molecular complexity index is 776. The summed E-state index contributed by atoms with van der Waals surface area (Å²) < 4.78 is 0. The van der Waals surface area contributed by atoms with Crippen LogP contribution in [0.5, 0.6) is 0 Å². The molecule has 0 saturated carbocycles. The number of rotatable bonds is 3. The summed E-state index contributed by atoms with van der Waals surface area (Å²) in [6, 6.07) is 9.63. The molecule has 1 atom stereocenters. The lowest BCUT2D eigenvalue weighted by Gasteiger charge is -2.32. The van der Waals surface area contributed by atoms with E-state index in [0.717, 1.165) is 42.7 Å². The topological polar surface area (TPSA) is 79.7 Å². The number of likely N-dealkylation sites (tertiary alicyclic amines) is 1. The first kappa shape index (κ1) is 13.9. The highest BCUT2D eigenvalue weighted by molar-refractivity contribution is 5.77. The minimum atomic E-state index is 0.0644. The molecular weight excluding hydrogens is 292 g/mol. The van der Waals surface area contributed by atoms with Crippen LogP contribution in [0.1, 0.15) is 24.5 Å². The van der Waals surface area contributed by atoms with Crippen LogP contribution in [-0.2, 0) is 11.3 Å². The van der Waals surface area contributed by atoms with Gasteiger partial charge in [-0.25, -0.2) is 0 Å². The molecule has 2 aromatic heterocycles. The number of piperidine rings is 1. The Morgan fingerprint density at radius 1 is 1.22 bits per heavy atom. The second kappa shape index (κ2) is 5.83. The summed E-state index contributed by atoms with van der Waals surface area (Å²) in [5.74, 6) is 0.398. The molecule has 1 aromatic carbocycles. The Kier molecular flexibility index (Phi) is 3.53. The first-order valence-corrected chi connectivity index (χ1v) is 7.86. The van der Waals surface area contributed by atoms with Crippen molar-refractivity contribution in [3.63, 3.8) is 0 Å². The van der Waals surface area contributed by atoms with E-state index in [4.69, 9.17) is 0 Å². The molecule has 7 nitrogen and oxygen atoms in total. The SMILES string of the molecule is O=C(Cn1nc2ccccc2n1)N1CCCC(c2ccn[nH]2)C1. The minimum Gasteiger partial charge on any atom is -0.340 e. The van der Waals surface area contributed by atoms with Crippen LogP contribution in [0, 0.1) is 0 Å². The molecule has 1 fully saturated rings. The largest absolute Gasteiger partial charge is 0.340 e. The van der Waals surface area contributed by atoms with E-state index in [1.54, 1.807) is 6.20 Å². The monoisotopic (exact) mass is 310 g/mol. The van der Waals surface area contributed by atoms with Gasteiger partial charge in [0.1, 0.15) is 17.6 Å². The second-order valence-electron chi connectivity index (χ2n) is 5.91. The van der Waals surface area contributed by atoms with Gasteiger partial charge in [0.2, 0.25) is 5.91 Å². The zero-order valence-corrected chi connectivity index (χ0v) is 12.7. The smallest absolute Gasteiger partial charge is 0.246 e. The van der Waals surface area contributed by atoms with Crippen LogP contribution in [0.2, 0.25) is 0 Å². The molecule has 4 rings (SSSR count). The van der Waals surface area contributed by atoms with Crippen LogP contribution < -0.4 is 0 Å². The standard InChI is InChI=1S/C16H18N6O/c23-16(11-22-19-14-5-1-2-6-15(14)20-22)21-9-3-4-12(10-21)13-7-8-17-18-13/h1-2,5-8,12H,3-4,9-11H2,(H,17,18). The predicted octanol–water partition coefficient (Wildman–Crippen LogP) is 1.56. The normalized spacial score (nSPS) is 18.4. The van der Waals surface area contributed by atoms with E-state index < -0.39 is 0 Å². The van der Waals surface area contributed by atoms with Crippen molar-refractivity contribution in [1.29, 1.82) is 0 Å². The van der Waals surface area contributed by atoms with E-state index in [0.29, 0.717) is 5.92 Å². The predicted molar refractivity (Wildman–Crippen MR) is 84.7 cm³/mol. The molecule has 3 aromatic rings. The highest BCUT2D eigenvalue weighted by Crippen LogP contribution is 2.25. The van der Waals surface area contributed by atoms with E-state index in [2.05, 4.69) is 20.4 Å². The first-order valence-electron chi connectivity index (χ1n) is 7.86. The number of carbonyl (C=O) groups is 1. The zero-order valence-electron chi connectivity index (χ0n) is 12.7. The van der Waals surface area contributed by atoms with Crippen molar-refractivity contribution < 1.29 is 4.79 Å². The summed E-state index contributed by atoms with van der Waals surface area (Å²) in [6.45, 7) is 1.70. The molecule has 1 amide bonds. The molecule has 118 valence electrons. The van der Waals surface area contributed by atoms with Crippen molar-refractivity contribution in [2.45, 2.75) is 25.3 Å². The average molecular weight is 310 g/mol. The molecule has 1 N–H and O–H groups in total. The number of hydrogen-bond donors (Lipinski definition) is 1. The molecule has 23 heavy (non-hydrogen) atoms. The number of carbonyl (C=O) groups excluding carboxylic acids is 1. The van der Waals surface area contributed by atoms with Gasteiger partial charge in [-0.1, -0.05) is 12.1 Å². The molecule has 1 saturated heterocycles. The third-order valence-electron chi connectivity index (χ3n) is 4.34. The molecular formula is C16H18N6O. The molecule has 3 heterocycles. The molecule has 0 spiro atoms. The van der Waals surface area contributed by atoms with E-state index in [9.17, 15) is 4.79 Å². The number of H-pyrrole nitrogens is 1. The Hall–Kier alpha value is -2.70. The van der Waals surface area contributed by atoms with Crippen molar-refractivity contribution in [1.82, 2.24) is 30.1 Å². The lowest BCUT2D eigenvalue weighted by molar-refractivity contribution is -0.133. The van der Waals surface area contributed by atoms with E-state index in [1.165, 1.54) is 4.80 Å². The third-order valence-corrected chi connectivity index (χ3v) is 4.34. The van der Waals surface area contributed by atoms with Crippen molar-refractivity contribution in [2.24, 2.45) is 0 Å². The second-order valence-corrected chi connectivity index (χ2v) is 5.91. The highest BCUT2D eigenvalue weighted by Gasteiger charge is 2.25. The summed E-state index contributed by atoms with van der Waals surface area (Å²) in [5, 5.41) is 15.7. The van der Waals surface area contributed by atoms with E-state index in [-0.39, 0.29) is 12.5 Å². The maximum atomic E-state index is 12.6. The highest BCUT2D eigenvalue weighted by atomic mass is 16.2. The van der Waals surface area contributed by atoms with Crippen molar-refractivity contribution in [2.75, 3.05) is 13.1 Å². The fraction of sp³-hybridized carbons (Fsp3) is 0.375. The Labute approximate surface area is 133 Å². The summed E-state index contributed by atoms with van der Waals surface area (Å²) in [7, 11) is 0.